The van der Waals surface area contributed by atoms with Crippen LogP contribution in [-0.2, 0) is 12.1 Å². The smallest absolute Gasteiger partial charge is 0.151 e. The highest BCUT2D eigenvalue weighted by molar-refractivity contribution is 6.59. The van der Waals surface area contributed by atoms with Gasteiger partial charge in [-0.05, 0) is 5.56 Å². The van der Waals surface area contributed by atoms with Crippen LogP contribution in [0.2, 0.25) is 0 Å². The molecule has 1 atom stereocenters. The first-order valence-electron chi connectivity index (χ1n) is 6.10. The van der Waals surface area contributed by atoms with Gasteiger partial charge >= 0.3 is 0 Å². The minimum atomic E-state index is -1.51. The molecule has 0 aliphatic rings. The molecule has 0 aliphatic heterocycles. The van der Waals surface area contributed by atoms with E-state index in [2.05, 4.69) is 10.1 Å². The van der Waals surface area contributed by atoms with E-state index in [1.165, 1.54) is 17.3 Å². The lowest BCUT2D eigenvalue weighted by Crippen LogP contribution is -2.40. The van der Waals surface area contributed by atoms with Crippen molar-refractivity contribution in [2.75, 3.05) is 0 Å². The topological polar surface area (TPSA) is 50.9 Å². The third-order valence-corrected chi connectivity index (χ3v) is 4.94. The Morgan fingerprint density at radius 2 is 1.86 bits per heavy atom. The number of hydrogen-bond acceptors (Lipinski definition) is 3. The number of halogens is 4. The van der Waals surface area contributed by atoms with Gasteiger partial charge in [0.1, 0.15) is 23.1 Å². The Kier molecular flexibility index (Phi) is 5.38. The lowest BCUT2D eigenvalue weighted by Gasteiger charge is -2.34. The van der Waals surface area contributed by atoms with Crippen LogP contribution in [0.4, 0.5) is 0 Å². The molecule has 8 heteroatoms. The van der Waals surface area contributed by atoms with Gasteiger partial charge in [0.05, 0.1) is 6.54 Å². The molecule has 1 heterocycles. The van der Waals surface area contributed by atoms with E-state index in [0.29, 0.717) is 5.56 Å². The summed E-state index contributed by atoms with van der Waals surface area (Å²) in [5.74, 6) is 0. The zero-order chi connectivity index (χ0) is 15.5. The SMILES string of the molecule is OC(Cn1cncn1)(CC(Cl)(Cl)C(Cl)Cl)c1ccccc1. The molecule has 0 saturated carbocycles. The standard InChI is InChI=1S/C13H13Cl4N3O/c14-11(15)13(16,17)6-12(21,7-20-9-18-8-19-20)10-4-2-1-3-5-10/h1-5,8-9,11,21H,6-7H2. The predicted octanol–water partition coefficient (Wildman–Crippen LogP) is 3.53. The van der Waals surface area contributed by atoms with Crippen LogP contribution >= 0.6 is 46.4 Å². The third kappa shape index (κ3) is 4.24. The average molecular weight is 369 g/mol. The van der Waals surface area contributed by atoms with E-state index in [9.17, 15) is 5.11 Å². The van der Waals surface area contributed by atoms with Gasteiger partial charge < -0.3 is 5.11 Å². The fourth-order valence-corrected chi connectivity index (χ4v) is 2.64. The van der Waals surface area contributed by atoms with Gasteiger partial charge in [-0.2, -0.15) is 5.10 Å². The molecular weight excluding hydrogens is 356 g/mol. The molecule has 2 rings (SSSR count). The first kappa shape index (κ1) is 16.8. The zero-order valence-corrected chi connectivity index (χ0v) is 13.9. The molecule has 0 bridgehead atoms. The number of rotatable bonds is 6. The van der Waals surface area contributed by atoms with Crippen LogP contribution in [0, 0.1) is 0 Å². The van der Waals surface area contributed by atoms with Gasteiger partial charge in [0.25, 0.3) is 0 Å². The molecule has 21 heavy (non-hydrogen) atoms. The molecule has 0 aliphatic carbocycles. The fourth-order valence-electron chi connectivity index (χ4n) is 2.05. The summed E-state index contributed by atoms with van der Waals surface area (Å²) < 4.78 is -0.0113. The maximum Gasteiger partial charge on any atom is 0.151 e. The van der Waals surface area contributed by atoms with E-state index in [1.54, 1.807) is 12.1 Å². The summed E-state index contributed by atoms with van der Waals surface area (Å²) >= 11 is 23.9. The largest absolute Gasteiger partial charge is 0.383 e. The Hall–Kier alpha value is -0.520. The Balaban J connectivity index is 2.34. The number of aromatic nitrogens is 3. The first-order valence-corrected chi connectivity index (χ1v) is 7.73. The van der Waals surface area contributed by atoms with Crippen molar-refractivity contribution >= 4 is 46.4 Å². The highest BCUT2D eigenvalue weighted by Crippen LogP contribution is 2.43. The molecular formula is C13H13Cl4N3O. The summed E-state index contributed by atoms with van der Waals surface area (Å²) in [6.07, 6.45) is 2.81. The van der Waals surface area contributed by atoms with Gasteiger partial charge in [0, 0.05) is 6.42 Å². The molecule has 0 spiro atoms. The monoisotopic (exact) mass is 367 g/mol. The van der Waals surface area contributed by atoms with Crippen molar-refractivity contribution in [3.63, 3.8) is 0 Å². The van der Waals surface area contributed by atoms with Crippen LogP contribution in [0.1, 0.15) is 12.0 Å². The van der Waals surface area contributed by atoms with E-state index < -0.39 is 14.8 Å². The Labute approximate surface area is 142 Å². The molecule has 1 N–H and O–H groups in total. The summed E-state index contributed by atoms with van der Waals surface area (Å²) in [5.41, 5.74) is -0.749. The second-order valence-electron chi connectivity index (χ2n) is 4.73. The quantitative estimate of drug-likeness (QED) is 0.793. The highest BCUT2D eigenvalue weighted by Gasteiger charge is 2.43. The number of nitrogens with zero attached hydrogens (tertiary/aromatic N) is 3. The molecule has 0 saturated heterocycles. The van der Waals surface area contributed by atoms with Gasteiger partial charge in [0.15, 0.2) is 4.33 Å². The van der Waals surface area contributed by atoms with Crippen molar-refractivity contribution in [1.29, 1.82) is 0 Å². The van der Waals surface area contributed by atoms with E-state index in [-0.39, 0.29) is 13.0 Å². The number of hydrogen-bond donors (Lipinski definition) is 1. The van der Waals surface area contributed by atoms with Gasteiger partial charge in [-0.15, -0.1) is 23.2 Å². The molecule has 4 nitrogen and oxygen atoms in total. The third-order valence-electron chi connectivity index (χ3n) is 3.05. The first-order chi connectivity index (χ1) is 9.83. The molecule has 1 unspecified atom stereocenters. The van der Waals surface area contributed by atoms with Gasteiger partial charge in [-0.25, -0.2) is 9.67 Å². The zero-order valence-electron chi connectivity index (χ0n) is 10.8. The second kappa shape index (κ2) is 6.71. The number of benzene rings is 1. The Bertz CT molecular complexity index is 562. The average Bonchev–Trinajstić information content (AvgIpc) is 2.91. The van der Waals surface area contributed by atoms with Crippen LogP contribution < -0.4 is 0 Å². The number of alkyl halides is 4. The summed E-state index contributed by atoms with van der Waals surface area (Å²) in [4.78, 5) is 2.80. The maximum atomic E-state index is 11.1. The summed E-state index contributed by atoms with van der Waals surface area (Å²) in [6.45, 7) is 0.124. The van der Waals surface area contributed by atoms with Crippen molar-refractivity contribution in [3.05, 3.63) is 48.5 Å². The molecule has 1 aromatic carbocycles. The van der Waals surface area contributed by atoms with Crippen molar-refractivity contribution < 1.29 is 5.11 Å². The second-order valence-corrected chi connectivity index (χ2v) is 7.37. The normalized spacial score (nSPS) is 15.1. The van der Waals surface area contributed by atoms with E-state index in [0.717, 1.165) is 0 Å². The van der Waals surface area contributed by atoms with Crippen molar-refractivity contribution in [2.45, 2.75) is 27.7 Å². The van der Waals surface area contributed by atoms with Gasteiger partial charge in [-0.3, -0.25) is 0 Å². The van der Waals surface area contributed by atoms with Crippen LogP contribution in [0.3, 0.4) is 0 Å². The maximum absolute atomic E-state index is 11.1. The lowest BCUT2D eigenvalue weighted by atomic mass is 9.89. The van der Waals surface area contributed by atoms with E-state index in [4.69, 9.17) is 46.4 Å². The predicted molar refractivity (Wildman–Crippen MR) is 84.9 cm³/mol. The van der Waals surface area contributed by atoms with Crippen LogP contribution in [0.25, 0.3) is 0 Å². The molecule has 1 aromatic heterocycles. The molecule has 0 amide bonds. The van der Waals surface area contributed by atoms with E-state index in [1.807, 2.05) is 18.2 Å². The van der Waals surface area contributed by atoms with Crippen LogP contribution in [-0.4, -0.2) is 29.0 Å². The number of aliphatic hydroxyl groups is 1. The van der Waals surface area contributed by atoms with Gasteiger partial charge in [0.2, 0.25) is 0 Å². The highest BCUT2D eigenvalue weighted by atomic mass is 35.5. The van der Waals surface area contributed by atoms with Crippen molar-refractivity contribution in [3.8, 4) is 0 Å². The van der Waals surface area contributed by atoms with Gasteiger partial charge in [-0.1, -0.05) is 53.5 Å². The minimum Gasteiger partial charge on any atom is -0.383 e. The molecule has 114 valence electrons. The Morgan fingerprint density at radius 3 is 2.38 bits per heavy atom. The van der Waals surface area contributed by atoms with Crippen LogP contribution in [0.5, 0.6) is 0 Å². The molecule has 2 aromatic rings. The summed E-state index contributed by atoms with van der Waals surface area (Å²) in [6, 6.07) is 9.02. The van der Waals surface area contributed by atoms with Crippen molar-refractivity contribution in [2.24, 2.45) is 0 Å². The molecule has 0 fully saturated rings. The lowest BCUT2D eigenvalue weighted by molar-refractivity contribution is 0.00319. The Morgan fingerprint density at radius 1 is 1.19 bits per heavy atom. The van der Waals surface area contributed by atoms with Crippen molar-refractivity contribution in [1.82, 2.24) is 14.8 Å². The molecule has 0 radical (unpaired) electrons. The summed E-state index contributed by atoms with van der Waals surface area (Å²) in [5, 5.41) is 15.1. The van der Waals surface area contributed by atoms with E-state index >= 15 is 0 Å². The minimum absolute atomic E-state index is 0.0648. The fraction of sp³-hybridized carbons (Fsp3) is 0.385. The summed E-state index contributed by atoms with van der Waals surface area (Å²) in [7, 11) is 0. The van der Waals surface area contributed by atoms with Crippen LogP contribution in [0.15, 0.2) is 43.0 Å².